The second kappa shape index (κ2) is 3.94. The van der Waals surface area contributed by atoms with E-state index in [-0.39, 0.29) is 0 Å². The summed E-state index contributed by atoms with van der Waals surface area (Å²) in [6.07, 6.45) is 4.76. The number of hydrogen-bond donors (Lipinski definition) is 1. The molecule has 1 aromatic rings. The van der Waals surface area contributed by atoms with E-state index in [9.17, 15) is 0 Å². The minimum Gasteiger partial charge on any atom is -0.339 e. The van der Waals surface area contributed by atoms with Crippen LogP contribution in [0.15, 0.2) is 24.5 Å². The molecule has 1 aromatic heterocycles. The maximum absolute atomic E-state index is 3.36. The van der Waals surface area contributed by atoms with Gasteiger partial charge in [0.15, 0.2) is 0 Å². The van der Waals surface area contributed by atoms with Crippen molar-refractivity contribution >= 4 is 0 Å². The van der Waals surface area contributed by atoms with E-state index in [0.29, 0.717) is 6.17 Å². The lowest BCUT2D eigenvalue weighted by molar-refractivity contribution is 0.136. The van der Waals surface area contributed by atoms with Crippen molar-refractivity contribution < 1.29 is 0 Å². The van der Waals surface area contributed by atoms with Gasteiger partial charge in [0.05, 0.1) is 6.17 Å². The minimum atomic E-state index is 0.497. The van der Waals surface area contributed by atoms with Gasteiger partial charge < -0.3 is 9.88 Å². The lowest BCUT2D eigenvalue weighted by atomic mass is 10.3. The van der Waals surface area contributed by atoms with Crippen LogP contribution in [0.1, 0.15) is 13.1 Å². The van der Waals surface area contributed by atoms with Crippen LogP contribution in [-0.4, -0.2) is 35.6 Å². The third kappa shape index (κ3) is 1.92. The van der Waals surface area contributed by atoms with Gasteiger partial charge in [-0.05, 0) is 19.1 Å². The van der Waals surface area contributed by atoms with Gasteiger partial charge in [0.25, 0.3) is 0 Å². The highest BCUT2D eigenvalue weighted by atomic mass is 15.3. The molecule has 0 aliphatic carbocycles. The van der Waals surface area contributed by atoms with Gasteiger partial charge in [0.1, 0.15) is 0 Å². The summed E-state index contributed by atoms with van der Waals surface area (Å²) in [6.45, 7) is 6.79. The van der Waals surface area contributed by atoms with Crippen LogP contribution in [0.2, 0.25) is 0 Å². The molecule has 13 heavy (non-hydrogen) atoms. The second-order valence-electron chi connectivity index (χ2n) is 3.55. The molecule has 2 heterocycles. The molecule has 72 valence electrons. The number of aromatic nitrogens is 1. The first-order chi connectivity index (χ1) is 6.38. The predicted molar refractivity (Wildman–Crippen MR) is 53.6 cm³/mol. The van der Waals surface area contributed by atoms with Gasteiger partial charge in [-0.25, -0.2) is 0 Å². The molecular formula is C10H17N3. The van der Waals surface area contributed by atoms with Gasteiger partial charge in [0, 0.05) is 38.6 Å². The quantitative estimate of drug-likeness (QED) is 0.728. The monoisotopic (exact) mass is 179 g/mol. The van der Waals surface area contributed by atoms with E-state index in [2.05, 4.69) is 46.2 Å². The van der Waals surface area contributed by atoms with Crippen LogP contribution < -0.4 is 5.32 Å². The summed E-state index contributed by atoms with van der Waals surface area (Å²) in [5, 5.41) is 3.36. The summed E-state index contributed by atoms with van der Waals surface area (Å²) in [7, 11) is 0. The Hall–Kier alpha value is -0.800. The fraction of sp³-hybridized carbons (Fsp3) is 0.600. The van der Waals surface area contributed by atoms with Crippen LogP contribution in [0.5, 0.6) is 0 Å². The van der Waals surface area contributed by atoms with E-state index in [4.69, 9.17) is 0 Å². The van der Waals surface area contributed by atoms with E-state index in [1.807, 2.05) is 0 Å². The molecule has 1 aliphatic heterocycles. The molecule has 0 radical (unpaired) electrons. The third-order valence-corrected chi connectivity index (χ3v) is 2.74. The van der Waals surface area contributed by atoms with E-state index >= 15 is 0 Å². The van der Waals surface area contributed by atoms with Crippen molar-refractivity contribution in [2.24, 2.45) is 0 Å². The highest BCUT2D eigenvalue weighted by Crippen LogP contribution is 2.12. The first kappa shape index (κ1) is 8.78. The topological polar surface area (TPSA) is 20.2 Å². The third-order valence-electron chi connectivity index (χ3n) is 2.74. The maximum atomic E-state index is 3.36. The Morgan fingerprint density at radius 1 is 1.15 bits per heavy atom. The molecule has 1 N–H and O–H groups in total. The smallest absolute Gasteiger partial charge is 0.0830 e. The number of nitrogens with zero attached hydrogens (tertiary/aromatic N) is 2. The summed E-state index contributed by atoms with van der Waals surface area (Å²) in [4.78, 5) is 2.50. The first-order valence-corrected chi connectivity index (χ1v) is 4.95. The van der Waals surface area contributed by atoms with E-state index in [1.165, 1.54) is 0 Å². The second-order valence-corrected chi connectivity index (χ2v) is 3.55. The van der Waals surface area contributed by atoms with Gasteiger partial charge in [0.2, 0.25) is 0 Å². The van der Waals surface area contributed by atoms with E-state index < -0.39 is 0 Å². The van der Waals surface area contributed by atoms with Crippen LogP contribution >= 0.6 is 0 Å². The van der Waals surface area contributed by atoms with Crippen molar-refractivity contribution in [1.82, 2.24) is 14.8 Å². The van der Waals surface area contributed by atoms with Crippen LogP contribution in [-0.2, 0) is 0 Å². The van der Waals surface area contributed by atoms with Crippen LogP contribution in [0.3, 0.4) is 0 Å². The normalized spacial score (nSPS) is 21.6. The fourth-order valence-corrected chi connectivity index (χ4v) is 1.84. The largest absolute Gasteiger partial charge is 0.339 e. The average Bonchev–Trinajstić information content (AvgIpc) is 2.71. The highest BCUT2D eigenvalue weighted by Gasteiger charge is 2.16. The Labute approximate surface area is 79.3 Å². The van der Waals surface area contributed by atoms with Crippen LogP contribution in [0.4, 0.5) is 0 Å². The minimum absolute atomic E-state index is 0.497. The van der Waals surface area contributed by atoms with Crippen LogP contribution in [0.25, 0.3) is 0 Å². The molecule has 3 nitrogen and oxygen atoms in total. The zero-order chi connectivity index (χ0) is 9.10. The van der Waals surface area contributed by atoms with Crippen LogP contribution in [0, 0.1) is 0 Å². The zero-order valence-electron chi connectivity index (χ0n) is 8.11. The summed E-state index contributed by atoms with van der Waals surface area (Å²) in [6, 6.07) is 4.16. The summed E-state index contributed by atoms with van der Waals surface area (Å²) >= 11 is 0. The molecule has 2 rings (SSSR count). The van der Waals surface area contributed by atoms with Crippen molar-refractivity contribution in [2.45, 2.75) is 13.1 Å². The summed E-state index contributed by atoms with van der Waals surface area (Å²) < 4.78 is 2.26. The molecule has 0 amide bonds. The molecule has 0 bridgehead atoms. The molecule has 1 unspecified atom stereocenters. The van der Waals surface area contributed by atoms with Gasteiger partial charge >= 0.3 is 0 Å². The lowest BCUT2D eigenvalue weighted by Gasteiger charge is -2.33. The standard InChI is InChI=1S/C10H17N3/c1-10(12-6-2-3-7-12)13-8-4-11-5-9-13/h2-3,6-7,10-11H,4-5,8-9H2,1H3. The molecule has 1 saturated heterocycles. The number of piperazine rings is 1. The van der Waals surface area contributed by atoms with Crippen molar-refractivity contribution in [2.75, 3.05) is 26.2 Å². The van der Waals surface area contributed by atoms with Gasteiger partial charge in [-0.3, -0.25) is 4.90 Å². The fourth-order valence-electron chi connectivity index (χ4n) is 1.84. The van der Waals surface area contributed by atoms with E-state index in [1.54, 1.807) is 0 Å². The van der Waals surface area contributed by atoms with E-state index in [0.717, 1.165) is 26.2 Å². The van der Waals surface area contributed by atoms with Gasteiger partial charge in [-0.15, -0.1) is 0 Å². The van der Waals surface area contributed by atoms with Gasteiger partial charge in [-0.1, -0.05) is 0 Å². The predicted octanol–water partition coefficient (Wildman–Crippen LogP) is 0.912. The molecule has 3 heteroatoms. The number of rotatable bonds is 2. The Bertz CT molecular complexity index is 237. The Kier molecular flexibility index (Phi) is 2.66. The van der Waals surface area contributed by atoms with Crippen molar-refractivity contribution in [1.29, 1.82) is 0 Å². The summed E-state index contributed by atoms with van der Waals surface area (Å²) in [5.74, 6) is 0. The van der Waals surface area contributed by atoms with Crippen molar-refractivity contribution in [3.8, 4) is 0 Å². The van der Waals surface area contributed by atoms with Gasteiger partial charge in [-0.2, -0.15) is 0 Å². The Morgan fingerprint density at radius 3 is 2.38 bits per heavy atom. The number of nitrogens with one attached hydrogen (secondary N) is 1. The molecule has 0 aromatic carbocycles. The Balaban J connectivity index is 1.99. The van der Waals surface area contributed by atoms with Crippen molar-refractivity contribution in [3.05, 3.63) is 24.5 Å². The lowest BCUT2D eigenvalue weighted by Crippen LogP contribution is -2.45. The molecule has 0 saturated carbocycles. The molecule has 1 atom stereocenters. The first-order valence-electron chi connectivity index (χ1n) is 4.95. The average molecular weight is 179 g/mol. The highest BCUT2D eigenvalue weighted by molar-refractivity contribution is 4.92. The zero-order valence-corrected chi connectivity index (χ0v) is 8.11. The maximum Gasteiger partial charge on any atom is 0.0830 e. The summed E-state index contributed by atoms with van der Waals surface area (Å²) in [5.41, 5.74) is 0. The Morgan fingerprint density at radius 2 is 1.77 bits per heavy atom. The number of hydrogen-bond acceptors (Lipinski definition) is 2. The molecule has 0 spiro atoms. The molecule has 1 fully saturated rings. The molecular weight excluding hydrogens is 162 g/mol. The van der Waals surface area contributed by atoms with Crippen molar-refractivity contribution in [3.63, 3.8) is 0 Å². The molecule has 1 aliphatic rings. The SMILES string of the molecule is CC(N1CCNCC1)n1cccc1.